The van der Waals surface area contributed by atoms with Crippen LogP contribution in [0.5, 0.6) is 5.75 Å². The molecule has 1 aromatic heterocycles. The molecule has 0 radical (unpaired) electrons. The van der Waals surface area contributed by atoms with E-state index in [9.17, 15) is 18.0 Å². The Morgan fingerprint density at radius 3 is 2.59 bits per heavy atom. The Balaban J connectivity index is 1.56. The van der Waals surface area contributed by atoms with E-state index in [2.05, 4.69) is 10.3 Å². The van der Waals surface area contributed by atoms with Crippen LogP contribution in [0.25, 0.3) is 0 Å². The van der Waals surface area contributed by atoms with Gasteiger partial charge in [-0.2, -0.15) is 0 Å². The largest absolute Gasteiger partial charge is 0.486 e. The van der Waals surface area contributed by atoms with E-state index in [1.54, 1.807) is 5.38 Å². The highest BCUT2D eigenvalue weighted by Gasteiger charge is 2.16. The van der Waals surface area contributed by atoms with Gasteiger partial charge in [-0.15, -0.1) is 11.3 Å². The van der Waals surface area contributed by atoms with Crippen molar-refractivity contribution < 1.29 is 22.7 Å². The zero-order chi connectivity index (χ0) is 19.4. The van der Waals surface area contributed by atoms with Gasteiger partial charge in [0, 0.05) is 5.38 Å². The van der Waals surface area contributed by atoms with Crippen LogP contribution < -0.4 is 10.1 Å². The molecule has 0 unspecified atom stereocenters. The fourth-order valence-electron chi connectivity index (χ4n) is 2.26. The zero-order valence-electron chi connectivity index (χ0n) is 14.3. The number of nitrogens with one attached hydrogen (secondary N) is 1. The van der Waals surface area contributed by atoms with Crippen molar-refractivity contribution in [2.75, 3.05) is 5.32 Å². The average molecular weight is 392 g/mol. The quantitative estimate of drug-likeness (QED) is 0.623. The van der Waals surface area contributed by atoms with Crippen molar-refractivity contribution in [3.63, 3.8) is 0 Å². The first-order valence-electron chi connectivity index (χ1n) is 7.98. The van der Waals surface area contributed by atoms with Gasteiger partial charge in [0.25, 0.3) is 0 Å². The SMILES string of the molecule is Cc1ccc(OCc2nc(CC(=O)Nc3ccc(F)c(F)c3F)cs2)cc1. The van der Waals surface area contributed by atoms with Gasteiger partial charge in [-0.3, -0.25) is 4.79 Å². The summed E-state index contributed by atoms with van der Waals surface area (Å²) in [6.45, 7) is 2.24. The van der Waals surface area contributed by atoms with Crippen LogP contribution in [0.4, 0.5) is 18.9 Å². The first-order valence-corrected chi connectivity index (χ1v) is 8.86. The van der Waals surface area contributed by atoms with Crippen LogP contribution in [-0.2, 0) is 17.8 Å². The first-order chi connectivity index (χ1) is 12.9. The van der Waals surface area contributed by atoms with Gasteiger partial charge in [0.15, 0.2) is 17.5 Å². The number of aromatic nitrogens is 1. The fraction of sp³-hybridized carbons (Fsp3) is 0.158. The summed E-state index contributed by atoms with van der Waals surface area (Å²) in [5.41, 5.74) is 1.18. The summed E-state index contributed by atoms with van der Waals surface area (Å²) in [5, 5.41) is 4.58. The predicted octanol–water partition coefficient (Wildman–Crippen LogP) is 4.63. The topological polar surface area (TPSA) is 51.2 Å². The first kappa shape index (κ1) is 18.9. The van der Waals surface area contributed by atoms with Gasteiger partial charge in [-0.1, -0.05) is 17.7 Å². The lowest BCUT2D eigenvalue weighted by molar-refractivity contribution is -0.115. The van der Waals surface area contributed by atoms with E-state index in [1.165, 1.54) is 11.3 Å². The Kier molecular flexibility index (Phi) is 5.75. The molecular weight excluding hydrogens is 377 g/mol. The van der Waals surface area contributed by atoms with E-state index in [1.807, 2.05) is 31.2 Å². The molecule has 2 aromatic carbocycles. The molecule has 0 saturated heterocycles. The number of nitrogens with zero attached hydrogens (tertiary/aromatic N) is 1. The lowest BCUT2D eigenvalue weighted by Gasteiger charge is -2.06. The third kappa shape index (κ3) is 4.85. The highest BCUT2D eigenvalue weighted by Crippen LogP contribution is 2.20. The van der Waals surface area contributed by atoms with Gasteiger partial charge in [0.2, 0.25) is 5.91 Å². The van der Waals surface area contributed by atoms with Crippen LogP contribution in [-0.4, -0.2) is 10.9 Å². The number of ether oxygens (including phenoxy) is 1. The molecule has 8 heteroatoms. The summed E-state index contributed by atoms with van der Waals surface area (Å²) in [5.74, 6) is -4.26. The minimum Gasteiger partial charge on any atom is -0.486 e. The van der Waals surface area contributed by atoms with Gasteiger partial charge in [-0.25, -0.2) is 18.2 Å². The molecule has 0 bridgehead atoms. The van der Waals surface area contributed by atoms with E-state index < -0.39 is 29.0 Å². The van der Waals surface area contributed by atoms with Crippen LogP contribution in [0.2, 0.25) is 0 Å². The third-order valence-electron chi connectivity index (χ3n) is 3.63. The number of hydrogen-bond donors (Lipinski definition) is 1. The minimum atomic E-state index is -1.63. The second-order valence-corrected chi connectivity index (χ2v) is 6.72. The molecule has 1 N–H and O–H groups in total. The number of halogens is 3. The summed E-state index contributed by atoms with van der Waals surface area (Å²) in [4.78, 5) is 16.3. The molecule has 0 saturated carbocycles. The molecule has 0 aliphatic carbocycles. The monoisotopic (exact) mass is 392 g/mol. The van der Waals surface area contributed by atoms with Gasteiger partial charge < -0.3 is 10.1 Å². The van der Waals surface area contributed by atoms with Gasteiger partial charge in [-0.05, 0) is 31.2 Å². The second-order valence-electron chi connectivity index (χ2n) is 5.78. The Hall–Kier alpha value is -2.87. The molecule has 4 nitrogen and oxygen atoms in total. The maximum Gasteiger partial charge on any atom is 0.230 e. The van der Waals surface area contributed by atoms with Crippen molar-refractivity contribution in [2.24, 2.45) is 0 Å². The predicted molar refractivity (Wildman–Crippen MR) is 96.3 cm³/mol. The summed E-state index contributed by atoms with van der Waals surface area (Å²) in [7, 11) is 0. The highest BCUT2D eigenvalue weighted by atomic mass is 32.1. The molecule has 27 heavy (non-hydrogen) atoms. The van der Waals surface area contributed by atoms with Crippen molar-refractivity contribution in [3.8, 4) is 5.75 Å². The van der Waals surface area contributed by atoms with E-state index in [4.69, 9.17) is 4.74 Å². The summed E-state index contributed by atoms with van der Waals surface area (Å²) in [6, 6.07) is 9.29. The molecule has 0 aliphatic rings. The lowest BCUT2D eigenvalue weighted by Crippen LogP contribution is -2.16. The van der Waals surface area contributed by atoms with E-state index >= 15 is 0 Å². The summed E-state index contributed by atoms with van der Waals surface area (Å²) < 4.78 is 45.3. The molecular formula is C19H15F3N2O2S. The number of aryl methyl sites for hydroxylation is 1. The number of thiazole rings is 1. The van der Waals surface area contributed by atoms with Crippen molar-refractivity contribution in [2.45, 2.75) is 20.0 Å². The smallest absolute Gasteiger partial charge is 0.230 e. The van der Waals surface area contributed by atoms with Crippen LogP contribution in [0, 0.1) is 24.4 Å². The molecule has 0 spiro atoms. The molecule has 3 rings (SSSR count). The maximum absolute atomic E-state index is 13.6. The van der Waals surface area contributed by atoms with Crippen LogP contribution in [0.3, 0.4) is 0 Å². The number of amides is 1. The van der Waals surface area contributed by atoms with Crippen molar-refractivity contribution in [3.05, 3.63) is 75.5 Å². The Bertz CT molecular complexity index is 958. The van der Waals surface area contributed by atoms with Crippen LogP contribution in [0.15, 0.2) is 41.8 Å². The molecule has 0 atom stereocenters. The normalized spacial score (nSPS) is 10.7. The second kappa shape index (κ2) is 8.22. The van der Waals surface area contributed by atoms with E-state index in [0.717, 1.165) is 17.7 Å². The maximum atomic E-state index is 13.6. The zero-order valence-corrected chi connectivity index (χ0v) is 15.1. The van der Waals surface area contributed by atoms with E-state index in [0.29, 0.717) is 16.5 Å². The molecule has 3 aromatic rings. The number of rotatable bonds is 6. The van der Waals surface area contributed by atoms with Gasteiger partial charge in [0.1, 0.15) is 17.4 Å². The van der Waals surface area contributed by atoms with Crippen molar-refractivity contribution in [1.29, 1.82) is 0 Å². The standard InChI is InChI=1S/C19H15F3N2O2S/c1-11-2-4-13(5-3-11)26-9-17-23-12(10-27-17)8-16(25)24-15-7-6-14(20)18(21)19(15)22/h2-7,10H,8-9H2,1H3,(H,24,25). The van der Waals surface area contributed by atoms with E-state index in [-0.39, 0.29) is 13.0 Å². The average Bonchev–Trinajstić information content (AvgIpc) is 3.09. The molecule has 0 fully saturated rings. The molecule has 1 amide bonds. The van der Waals surface area contributed by atoms with Crippen LogP contribution >= 0.6 is 11.3 Å². The number of hydrogen-bond acceptors (Lipinski definition) is 4. The third-order valence-corrected chi connectivity index (χ3v) is 4.50. The highest BCUT2D eigenvalue weighted by molar-refractivity contribution is 7.09. The number of carbonyl (C=O) groups excluding carboxylic acids is 1. The van der Waals surface area contributed by atoms with Gasteiger partial charge in [0.05, 0.1) is 17.8 Å². The fourth-order valence-corrected chi connectivity index (χ4v) is 2.96. The minimum absolute atomic E-state index is 0.126. The summed E-state index contributed by atoms with van der Waals surface area (Å²) >= 11 is 1.33. The molecule has 0 aliphatic heterocycles. The number of carbonyl (C=O) groups is 1. The summed E-state index contributed by atoms with van der Waals surface area (Å²) in [6.07, 6.45) is -0.126. The lowest BCUT2D eigenvalue weighted by atomic mass is 10.2. The van der Waals surface area contributed by atoms with Gasteiger partial charge >= 0.3 is 0 Å². The molecule has 140 valence electrons. The Morgan fingerprint density at radius 1 is 1.11 bits per heavy atom. The van der Waals surface area contributed by atoms with Crippen molar-refractivity contribution >= 4 is 22.9 Å². The van der Waals surface area contributed by atoms with Crippen LogP contribution in [0.1, 0.15) is 16.3 Å². The number of anilines is 1. The Labute approximate surface area is 157 Å². The number of benzene rings is 2. The van der Waals surface area contributed by atoms with Crippen molar-refractivity contribution in [1.82, 2.24) is 4.98 Å². The Morgan fingerprint density at radius 2 is 1.85 bits per heavy atom. The molecule has 1 heterocycles.